The second-order valence-corrected chi connectivity index (χ2v) is 4.94. The molecule has 3 aromatic rings. The maximum absolute atomic E-state index is 12.5. The number of aromatic nitrogens is 2. The highest BCUT2D eigenvalue weighted by atomic mass is 19.3. The number of fused-ring (bicyclic) bond motifs is 1. The molecule has 0 aliphatic heterocycles. The number of ether oxygens (including phenoxy) is 1. The first-order chi connectivity index (χ1) is 10.0. The molecule has 0 radical (unpaired) electrons. The minimum absolute atomic E-state index is 0.112. The van der Waals surface area contributed by atoms with E-state index >= 15 is 0 Å². The number of nitrogens with zero attached hydrogens (tertiary/aromatic N) is 1. The highest BCUT2D eigenvalue weighted by molar-refractivity contribution is 5.83. The van der Waals surface area contributed by atoms with Crippen LogP contribution in [0.15, 0.2) is 36.4 Å². The molecule has 0 atom stereocenters. The first kappa shape index (κ1) is 13.5. The van der Waals surface area contributed by atoms with Crippen molar-refractivity contribution in [3.63, 3.8) is 0 Å². The Morgan fingerprint density at radius 1 is 1.14 bits per heavy atom. The molecule has 1 heterocycles. The van der Waals surface area contributed by atoms with Gasteiger partial charge in [-0.15, -0.1) is 0 Å². The van der Waals surface area contributed by atoms with Crippen molar-refractivity contribution in [1.29, 1.82) is 0 Å². The van der Waals surface area contributed by atoms with Crippen molar-refractivity contribution >= 4 is 11.0 Å². The number of hydrogen-bond acceptors (Lipinski definition) is 2. The molecule has 0 saturated heterocycles. The quantitative estimate of drug-likeness (QED) is 0.773. The molecule has 3 nitrogen and oxygen atoms in total. The molecule has 1 aromatic heterocycles. The van der Waals surface area contributed by atoms with Crippen LogP contribution in [-0.4, -0.2) is 16.6 Å². The lowest BCUT2D eigenvalue weighted by Crippen LogP contribution is -2.03. The summed E-state index contributed by atoms with van der Waals surface area (Å²) in [4.78, 5) is 7.68. The van der Waals surface area contributed by atoms with Gasteiger partial charge in [0.15, 0.2) is 0 Å². The Labute approximate surface area is 120 Å². The van der Waals surface area contributed by atoms with Crippen molar-refractivity contribution in [2.75, 3.05) is 0 Å². The lowest BCUT2D eigenvalue weighted by atomic mass is 10.1. The summed E-state index contributed by atoms with van der Waals surface area (Å²) in [6.07, 6.45) is 0. The van der Waals surface area contributed by atoms with Gasteiger partial charge in [-0.3, -0.25) is 0 Å². The van der Waals surface area contributed by atoms with Gasteiger partial charge in [-0.1, -0.05) is 18.2 Å². The number of benzene rings is 2. The molecule has 0 aliphatic carbocycles. The van der Waals surface area contributed by atoms with E-state index in [4.69, 9.17) is 0 Å². The SMILES string of the molecule is Cc1cc(C)c2nc(-c3ccccc3OC(F)F)[nH]c2c1. The van der Waals surface area contributed by atoms with Crippen LogP contribution in [0.2, 0.25) is 0 Å². The van der Waals surface area contributed by atoms with Crippen LogP contribution in [0.25, 0.3) is 22.4 Å². The van der Waals surface area contributed by atoms with E-state index in [1.807, 2.05) is 26.0 Å². The minimum Gasteiger partial charge on any atom is -0.434 e. The summed E-state index contributed by atoms with van der Waals surface area (Å²) in [6, 6.07) is 10.6. The number of rotatable bonds is 3. The largest absolute Gasteiger partial charge is 0.434 e. The first-order valence-corrected chi connectivity index (χ1v) is 6.56. The van der Waals surface area contributed by atoms with Crippen LogP contribution in [0.3, 0.4) is 0 Å². The predicted octanol–water partition coefficient (Wildman–Crippen LogP) is 4.45. The van der Waals surface area contributed by atoms with Gasteiger partial charge >= 0.3 is 6.61 Å². The smallest absolute Gasteiger partial charge is 0.387 e. The first-order valence-electron chi connectivity index (χ1n) is 6.56. The maximum atomic E-state index is 12.5. The van der Waals surface area contributed by atoms with E-state index in [1.165, 1.54) is 6.07 Å². The summed E-state index contributed by atoms with van der Waals surface area (Å²) in [5, 5.41) is 0. The van der Waals surface area contributed by atoms with Crippen LogP contribution in [-0.2, 0) is 0 Å². The summed E-state index contributed by atoms with van der Waals surface area (Å²) in [7, 11) is 0. The van der Waals surface area contributed by atoms with E-state index in [2.05, 4.69) is 14.7 Å². The Bertz CT molecular complexity index is 796. The second-order valence-electron chi connectivity index (χ2n) is 4.94. The highest BCUT2D eigenvalue weighted by Gasteiger charge is 2.14. The number of aryl methyl sites for hydroxylation is 2. The zero-order valence-electron chi connectivity index (χ0n) is 11.7. The van der Waals surface area contributed by atoms with Crippen LogP contribution < -0.4 is 4.74 Å². The Balaban J connectivity index is 2.15. The summed E-state index contributed by atoms with van der Waals surface area (Å²) in [5.41, 5.74) is 4.40. The van der Waals surface area contributed by atoms with Crippen molar-refractivity contribution in [3.8, 4) is 17.1 Å². The molecule has 21 heavy (non-hydrogen) atoms. The molecule has 0 amide bonds. The number of nitrogens with one attached hydrogen (secondary N) is 1. The van der Waals surface area contributed by atoms with Crippen LogP contribution in [0, 0.1) is 13.8 Å². The van der Waals surface area contributed by atoms with Gasteiger partial charge in [0, 0.05) is 0 Å². The molecule has 0 saturated carbocycles. The Kier molecular flexibility index (Phi) is 3.33. The van der Waals surface area contributed by atoms with E-state index in [1.54, 1.807) is 18.2 Å². The zero-order valence-corrected chi connectivity index (χ0v) is 11.7. The van der Waals surface area contributed by atoms with Gasteiger partial charge in [-0.05, 0) is 43.2 Å². The molecule has 108 valence electrons. The molecule has 0 spiro atoms. The van der Waals surface area contributed by atoms with Crippen molar-refractivity contribution in [2.24, 2.45) is 0 Å². The van der Waals surface area contributed by atoms with Gasteiger partial charge in [0.25, 0.3) is 0 Å². The molecule has 1 N–H and O–H groups in total. The second kappa shape index (κ2) is 5.16. The highest BCUT2D eigenvalue weighted by Crippen LogP contribution is 2.31. The van der Waals surface area contributed by atoms with Gasteiger partial charge in [0.1, 0.15) is 11.6 Å². The van der Waals surface area contributed by atoms with Gasteiger partial charge in [-0.25, -0.2) is 4.98 Å². The number of halogens is 2. The van der Waals surface area contributed by atoms with E-state index < -0.39 is 6.61 Å². The molecule has 0 bridgehead atoms. The number of para-hydroxylation sites is 1. The van der Waals surface area contributed by atoms with Gasteiger partial charge in [0.05, 0.1) is 16.6 Å². The Morgan fingerprint density at radius 2 is 1.90 bits per heavy atom. The van der Waals surface area contributed by atoms with E-state index in [0.717, 1.165) is 22.2 Å². The third-order valence-electron chi connectivity index (χ3n) is 3.28. The maximum Gasteiger partial charge on any atom is 0.387 e. The fourth-order valence-electron chi connectivity index (χ4n) is 2.46. The number of hydrogen-bond donors (Lipinski definition) is 1. The fourth-order valence-corrected chi connectivity index (χ4v) is 2.46. The van der Waals surface area contributed by atoms with Crippen molar-refractivity contribution in [1.82, 2.24) is 9.97 Å². The summed E-state index contributed by atoms with van der Waals surface area (Å²) >= 11 is 0. The summed E-state index contributed by atoms with van der Waals surface area (Å²) in [6.45, 7) is 1.11. The fraction of sp³-hybridized carbons (Fsp3) is 0.188. The zero-order chi connectivity index (χ0) is 15.0. The number of imidazole rings is 1. The summed E-state index contributed by atoms with van der Waals surface area (Å²) < 4.78 is 29.5. The van der Waals surface area contributed by atoms with Crippen LogP contribution >= 0.6 is 0 Å². The van der Waals surface area contributed by atoms with Crippen molar-refractivity contribution < 1.29 is 13.5 Å². The number of H-pyrrole nitrogens is 1. The molecular weight excluding hydrogens is 274 g/mol. The van der Waals surface area contributed by atoms with E-state index in [9.17, 15) is 8.78 Å². The van der Waals surface area contributed by atoms with Crippen LogP contribution in [0.1, 0.15) is 11.1 Å². The van der Waals surface area contributed by atoms with Gasteiger partial charge < -0.3 is 9.72 Å². The standard InChI is InChI=1S/C16H14F2N2O/c1-9-7-10(2)14-12(8-9)19-15(20-14)11-5-3-4-6-13(11)21-16(17)18/h3-8,16H,1-2H3,(H,19,20). The monoisotopic (exact) mass is 288 g/mol. The summed E-state index contributed by atoms with van der Waals surface area (Å²) in [5.74, 6) is 0.635. The molecule has 0 unspecified atom stereocenters. The average Bonchev–Trinajstić information content (AvgIpc) is 2.82. The molecule has 0 fully saturated rings. The van der Waals surface area contributed by atoms with Crippen molar-refractivity contribution in [2.45, 2.75) is 20.5 Å². The molecule has 2 aromatic carbocycles. The third kappa shape index (κ3) is 2.59. The number of aromatic amines is 1. The van der Waals surface area contributed by atoms with Crippen LogP contribution in [0.4, 0.5) is 8.78 Å². The van der Waals surface area contributed by atoms with Gasteiger partial charge in [0.2, 0.25) is 0 Å². The third-order valence-corrected chi connectivity index (χ3v) is 3.28. The minimum atomic E-state index is -2.86. The normalized spacial score (nSPS) is 11.3. The molecule has 3 rings (SSSR count). The molecular formula is C16H14F2N2O. The van der Waals surface area contributed by atoms with Crippen molar-refractivity contribution in [3.05, 3.63) is 47.5 Å². The topological polar surface area (TPSA) is 37.9 Å². The molecule has 5 heteroatoms. The number of alkyl halides is 2. The van der Waals surface area contributed by atoms with E-state index in [-0.39, 0.29) is 5.75 Å². The van der Waals surface area contributed by atoms with E-state index in [0.29, 0.717) is 11.4 Å². The lowest BCUT2D eigenvalue weighted by molar-refractivity contribution is -0.0494. The van der Waals surface area contributed by atoms with Gasteiger partial charge in [-0.2, -0.15) is 8.78 Å². The lowest BCUT2D eigenvalue weighted by Gasteiger charge is -2.08. The Morgan fingerprint density at radius 3 is 2.67 bits per heavy atom. The Hall–Kier alpha value is -2.43. The predicted molar refractivity (Wildman–Crippen MR) is 77.6 cm³/mol. The average molecular weight is 288 g/mol. The molecule has 0 aliphatic rings. The van der Waals surface area contributed by atoms with Crippen LogP contribution in [0.5, 0.6) is 5.75 Å².